The van der Waals surface area contributed by atoms with Crippen LogP contribution in [0.5, 0.6) is 5.75 Å². The number of carbonyl (C=O) groups excluding carboxylic acids is 1. The van der Waals surface area contributed by atoms with Crippen LogP contribution < -0.4 is 15.8 Å². The lowest BCUT2D eigenvalue weighted by Crippen LogP contribution is -2.28. The maximum atomic E-state index is 12.8. The van der Waals surface area contributed by atoms with E-state index in [9.17, 15) is 13.6 Å². The van der Waals surface area contributed by atoms with Gasteiger partial charge in [0.25, 0.3) is 0 Å². The summed E-state index contributed by atoms with van der Waals surface area (Å²) in [5, 5.41) is 3.35. The SMILES string of the molecule is Nc1nc(Cl)nc2c1ncn2C1CCC(C(=O)Nc2nc3ccc(OC(F)F)cc3s2)CC1. The number of imidazole rings is 1. The zero-order valence-electron chi connectivity index (χ0n) is 17.0. The van der Waals surface area contributed by atoms with E-state index in [4.69, 9.17) is 17.3 Å². The number of aromatic nitrogens is 5. The van der Waals surface area contributed by atoms with E-state index in [1.165, 1.54) is 23.5 Å². The topological polar surface area (TPSA) is 121 Å². The Kier molecular flexibility index (Phi) is 5.71. The number of nitrogens with two attached hydrogens (primary N) is 1. The minimum Gasteiger partial charge on any atom is -0.435 e. The van der Waals surface area contributed by atoms with Gasteiger partial charge in [-0.1, -0.05) is 11.3 Å². The van der Waals surface area contributed by atoms with Crippen molar-refractivity contribution in [1.29, 1.82) is 0 Å². The van der Waals surface area contributed by atoms with Crippen LogP contribution in [0.3, 0.4) is 0 Å². The fraction of sp³-hybridized carbons (Fsp3) is 0.350. The molecule has 5 rings (SSSR count). The van der Waals surface area contributed by atoms with E-state index >= 15 is 0 Å². The lowest BCUT2D eigenvalue weighted by Gasteiger charge is -2.28. The third kappa shape index (κ3) is 4.40. The van der Waals surface area contributed by atoms with Gasteiger partial charge in [-0.25, -0.2) is 9.97 Å². The van der Waals surface area contributed by atoms with Crippen LogP contribution in [0, 0.1) is 5.92 Å². The number of thiazole rings is 1. The quantitative estimate of drug-likeness (QED) is 0.388. The standard InChI is InChI=1S/C20H18ClF2N7O2S/c21-18-27-15(24)14-16(28-18)30(8-25-14)10-3-1-9(2-4-10)17(31)29-20-26-12-6-5-11(32-19(22)23)7-13(12)33-20/h5-10,19H,1-4H2,(H2,24,27,28)(H,26,29,31). The number of rotatable bonds is 5. The van der Waals surface area contributed by atoms with E-state index in [0.29, 0.717) is 39.4 Å². The Balaban J connectivity index is 1.24. The molecule has 0 saturated heterocycles. The maximum Gasteiger partial charge on any atom is 0.387 e. The first-order valence-corrected chi connectivity index (χ1v) is 11.4. The van der Waals surface area contributed by atoms with E-state index in [0.717, 1.165) is 12.8 Å². The number of fused-ring (bicyclic) bond motifs is 2. The van der Waals surface area contributed by atoms with E-state index in [-0.39, 0.29) is 34.7 Å². The van der Waals surface area contributed by atoms with Crippen molar-refractivity contribution in [3.63, 3.8) is 0 Å². The summed E-state index contributed by atoms with van der Waals surface area (Å²) in [5.74, 6) is 0.0175. The molecule has 172 valence electrons. The second kappa shape index (κ2) is 8.67. The van der Waals surface area contributed by atoms with Gasteiger partial charge in [0.1, 0.15) is 11.3 Å². The molecule has 1 aliphatic rings. The summed E-state index contributed by atoms with van der Waals surface area (Å²) < 4.78 is 31.9. The summed E-state index contributed by atoms with van der Waals surface area (Å²) in [6, 6.07) is 4.62. The minimum absolute atomic E-state index is 0.0534. The molecule has 33 heavy (non-hydrogen) atoms. The molecule has 3 aromatic heterocycles. The molecule has 1 fully saturated rings. The largest absolute Gasteiger partial charge is 0.435 e. The number of nitrogens with one attached hydrogen (secondary N) is 1. The van der Waals surface area contributed by atoms with Crippen molar-refractivity contribution in [2.24, 2.45) is 5.92 Å². The first-order chi connectivity index (χ1) is 15.9. The summed E-state index contributed by atoms with van der Waals surface area (Å²) in [7, 11) is 0. The third-order valence-corrected chi connectivity index (χ3v) is 6.80. The number of nitrogens with zero attached hydrogens (tertiary/aromatic N) is 5. The number of hydrogen-bond acceptors (Lipinski definition) is 8. The normalized spacial score (nSPS) is 18.8. The van der Waals surface area contributed by atoms with Gasteiger partial charge in [-0.15, -0.1) is 0 Å². The number of ether oxygens (including phenoxy) is 1. The lowest BCUT2D eigenvalue weighted by atomic mass is 9.85. The number of benzene rings is 1. The Morgan fingerprint density at radius 1 is 1.24 bits per heavy atom. The highest BCUT2D eigenvalue weighted by Gasteiger charge is 2.29. The van der Waals surface area contributed by atoms with Crippen molar-refractivity contribution in [3.05, 3.63) is 29.8 Å². The molecule has 3 heterocycles. The lowest BCUT2D eigenvalue weighted by molar-refractivity contribution is -0.121. The molecular formula is C20H18ClF2N7O2S. The van der Waals surface area contributed by atoms with Crippen LogP contribution in [-0.4, -0.2) is 37.0 Å². The predicted molar refractivity (Wildman–Crippen MR) is 121 cm³/mol. The van der Waals surface area contributed by atoms with Crippen LogP contribution >= 0.6 is 22.9 Å². The summed E-state index contributed by atoms with van der Waals surface area (Å²) in [5.41, 5.74) is 7.59. The smallest absolute Gasteiger partial charge is 0.387 e. The molecule has 1 aromatic carbocycles. The van der Waals surface area contributed by atoms with Crippen LogP contribution in [0.4, 0.5) is 19.7 Å². The number of carbonyl (C=O) groups is 1. The summed E-state index contributed by atoms with van der Waals surface area (Å²) in [6.07, 6.45) is 4.58. The van der Waals surface area contributed by atoms with Crippen molar-refractivity contribution in [3.8, 4) is 5.75 Å². The van der Waals surface area contributed by atoms with Crippen LogP contribution in [0.15, 0.2) is 24.5 Å². The fourth-order valence-corrected chi connectivity index (χ4v) is 5.20. The molecule has 1 saturated carbocycles. The molecule has 0 unspecified atom stereocenters. The average molecular weight is 494 g/mol. The Morgan fingerprint density at radius 2 is 2.03 bits per heavy atom. The van der Waals surface area contributed by atoms with Gasteiger partial charge < -0.3 is 20.4 Å². The van der Waals surface area contributed by atoms with Crippen LogP contribution in [0.1, 0.15) is 31.7 Å². The molecule has 0 atom stereocenters. The van der Waals surface area contributed by atoms with Crippen molar-refractivity contribution in [2.45, 2.75) is 38.3 Å². The number of amides is 1. The Morgan fingerprint density at radius 3 is 2.79 bits per heavy atom. The predicted octanol–water partition coefficient (Wildman–Crippen LogP) is 4.64. The van der Waals surface area contributed by atoms with Crippen LogP contribution in [0.2, 0.25) is 5.28 Å². The van der Waals surface area contributed by atoms with Gasteiger partial charge in [0.05, 0.1) is 16.5 Å². The molecule has 0 aliphatic heterocycles. The molecule has 0 spiro atoms. The zero-order valence-corrected chi connectivity index (χ0v) is 18.6. The highest BCUT2D eigenvalue weighted by molar-refractivity contribution is 7.22. The molecule has 9 nitrogen and oxygen atoms in total. The summed E-state index contributed by atoms with van der Waals surface area (Å²) >= 11 is 7.17. The van der Waals surface area contributed by atoms with Crippen LogP contribution in [-0.2, 0) is 4.79 Å². The van der Waals surface area contributed by atoms with E-state index in [1.807, 2.05) is 4.57 Å². The molecular weight excluding hydrogens is 476 g/mol. The fourth-order valence-electron chi connectivity index (χ4n) is 4.14. The van der Waals surface area contributed by atoms with Gasteiger partial charge in [-0.3, -0.25) is 4.79 Å². The number of nitrogen functional groups attached to an aromatic ring is 1. The van der Waals surface area contributed by atoms with Crippen molar-refractivity contribution in [1.82, 2.24) is 24.5 Å². The maximum absolute atomic E-state index is 12.8. The Bertz CT molecular complexity index is 1340. The van der Waals surface area contributed by atoms with E-state index < -0.39 is 6.61 Å². The highest BCUT2D eigenvalue weighted by Crippen LogP contribution is 2.36. The van der Waals surface area contributed by atoms with Crippen molar-refractivity contribution < 1.29 is 18.3 Å². The summed E-state index contributed by atoms with van der Waals surface area (Å²) in [6.45, 7) is -2.90. The average Bonchev–Trinajstić information content (AvgIpc) is 3.36. The first-order valence-electron chi connectivity index (χ1n) is 10.2. The van der Waals surface area contributed by atoms with Gasteiger partial charge in [-0.2, -0.15) is 18.7 Å². The third-order valence-electron chi connectivity index (χ3n) is 5.70. The first kappa shape index (κ1) is 21.7. The van der Waals surface area contributed by atoms with Gasteiger partial charge in [0.15, 0.2) is 16.6 Å². The minimum atomic E-state index is -2.90. The number of anilines is 2. The summed E-state index contributed by atoms with van der Waals surface area (Å²) in [4.78, 5) is 29.7. The highest BCUT2D eigenvalue weighted by atomic mass is 35.5. The van der Waals surface area contributed by atoms with Gasteiger partial charge in [0, 0.05) is 12.0 Å². The van der Waals surface area contributed by atoms with Gasteiger partial charge in [-0.05, 0) is 55.5 Å². The molecule has 4 aromatic rings. The number of hydrogen-bond donors (Lipinski definition) is 2. The van der Waals surface area contributed by atoms with E-state index in [1.54, 1.807) is 12.4 Å². The van der Waals surface area contributed by atoms with Crippen LogP contribution in [0.25, 0.3) is 21.4 Å². The molecule has 3 N–H and O–H groups in total. The van der Waals surface area contributed by atoms with Gasteiger partial charge in [0.2, 0.25) is 11.2 Å². The van der Waals surface area contributed by atoms with E-state index in [2.05, 4.69) is 30.0 Å². The molecule has 0 radical (unpaired) electrons. The monoisotopic (exact) mass is 493 g/mol. The van der Waals surface area contributed by atoms with Crippen molar-refractivity contribution in [2.75, 3.05) is 11.1 Å². The molecule has 1 amide bonds. The number of alkyl halides is 2. The Hall–Kier alpha value is -3.12. The number of halogens is 3. The Labute approximate surface area is 195 Å². The molecule has 1 aliphatic carbocycles. The second-order valence-corrected chi connectivity index (χ2v) is 9.09. The van der Waals surface area contributed by atoms with Crippen molar-refractivity contribution >= 4 is 61.2 Å². The van der Waals surface area contributed by atoms with Gasteiger partial charge >= 0.3 is 6.61 Å². The zero-order chi connectivity index (χ0) is 23.1. The second-order valence-electron chi connectivity index (χ2n) is 7.72. The molecule has 13 heteroatoms. The molecule has 0 bridgehead atoms.